The Labute approximate surface area is 189 Å². The molecule has 3 atom stereocenters. The van der Waals surface area contributed by atoms with Crippen molar-refractivity contribution in [1.29, 1.82) is 0 Å². The Morgan fingerprint density at radius 3 is 2.58 bits per heavy atom. The van der Waals surface area contributed by atoms with Gasteiger partial charge in [-0.05, 0) is 61.5 Å². The Bertz CT molecular complexity index is 747. The molecule has 170 valence electrons. The number of hydrogen-bond acceptors (Lipinski definition) is 2. The van der Waals surface area contributed by atoms with Crippen molar-refractivity contribution >= 4 is 5.91 Å². The van der Waals surface area contributed by atoms with Gasteiger partial charge in [-0.3, -0.25) is 4.79 Å². The van der Waals surface area contributed by atoms with Crippen molar-refractivity contribution in [3.05, 3.63) is 71.8 Å². The molecule has 31 heavy (non-hydrogen) atoms. The third-order valence-corrected chi connectivity index (χ3v) is 5.87. The van der Waals surface area contributed by atoms with Crippen LogP contribution in [-0.4, -0.2) is 18.6 Å². The molecule has 0 saturated carbocycles. The average Bonchev–Trinajstić information content (AvgIpc) is 2.73. The first kappa shape index (κ1) is 25.1. The highest BCUT2D eigenvalue weighted by molar-refractivity contribution is 5.81. The van der Waals surface area contributed by atoms with Crippen LogP contribution in [0.25, 0.3) is 0 Å². The minimum absolute atomic E-state index is 0.0550. The maximum absolute atomic E-state index is 12.9. The van der Waals surface area contributed by atoms with Gasteiger partial charge in [0.05, 0.1) is 0 Å². The van der Waals surface area contributed by atoms with Gasteiger partial charge in [-0.1, -0.05) is 81.5 Å². The van der Waals surface area contributed by atoms with E-state index in [0.717, 1.165) is 49.7 Å². The zero-order valence-electron chi connectivity index (χ0n) is 19.8. The van der Waals surface area contributed by atoms with E-state index in [1.807, 2.05) is 0 Å². The highest BCUT2D eigenvalue weighted by Crippen LogP contribution is 2.29. The van der Waals surface area contributed by atoms with Crippen LogP contribution in [0.3, 0.4) is 0 Å². The number of rotatable bonds is 11. The largest absolute Gasteiger partial charge is 0.368 e. The quantitative estimate of drug-likeness (QED) is 0.410. The van der Waals surface area contributed by atoms with E-state index in [2.05, 4.69) is 75.7 Å². The first-order valence-corrected chi connectivity index (χ1v) is 11.9. The summed E-state index contributed by atoms with van der Waals surface area (Å²) >= 11 is 0. The monoisotopic (exact) mass is 423 g/mol. The molecule has 0 saturated heterocycles. The molecule has 1 N–H and O–H groups in total. The van der Waals surface area contributed by atoms with Crippen LogP contribution in [0.5, 0.6) is 0 Å². The summed E-state index contributed by atoms with van der Waals surface area (Å²) in [5, 5.41) is 3.05. The van der Waals surface area contributed by atoms with E-state index >= 15 is 0 Å². The van der Waals surface area contributed by atoms with Crippen molar-refractivity contribution in [3.8, 4) is 0 Å². The van der Waals surface area contributed by atoms with Gasteiger partial charge < -0.3 is 10.1 Å². The maximum Gasteiger partial charge on any atom is 0.249 e. The molecule has 1 aromatic carbocycles. The third kappa shape index (κ3) is 9.26. The van der Waals surface area contributed by atoms with Gasteiger partial charge in [-0.25, -0.2) is 0 Å². The molecule has 0 aliphatic heterocycles. The van der Waals surface area contributed by atoms with Crippen LogP contribution < -0.4 is 5.32 Å². The average molecular weight is 424 g/mol. The minimum Gasteiger partial charge on any atom is -0.368 e. The molecular weight excluding hydrogens is 382 g/mol. The first-order chi connectivity index (χ1) is 14.9. The number of nitrogens with one attached hydrogen (secondary N) is 1. The number of ether oxygens (including phenoxy) is 1. The zero-order valence-corrected chi connectivity index (χ0v) is 19.8. The first-order valence-electron chi connectivity index (χ1n) is 11.9. The van der Waals surface area contributed by atoms with Gasteiger partial charge in [0.15, 0.2) is 0 Å². The molecule has 0 unspecified atom stereocenters. The lowest BCUT2D eigenvalue weighted by Gasteiger charge is -2.23. The van der Waals surface area contributed by atoms with Crippen LogP contribution >= 0.6 is 0 Å². The number of aryl methyl sites for hydroxylation is 1. The molecule has 3 heteroatoms. The topological polar surface area (TPSA) is 38.3 Å². The highest BCUT2D eigenvalue weighted by Gasteiger charge is 2.22. The summed E-state index contributed by atoms with van der Waals surface area (Å²) in [6.45, 7) is 16.1. The Kier molecular flexibility index (Phi) is 10.8. The molecule has 0 heterocycles. The predicted octanol–water partition coefficient (Wildman–Crippen LogP) is 6.55. The number of carbonyl (C=O) groups excluding carboxylic acids is 1. The van der Waals surface area contributed by atoms with E-state index in [-0.39, 0.29) is 5.91 Å². The van der Waals surface area contributed by atoms with Crippen molar-refractivity contribution in [2.75, 3.05) is 6.61 Å². The van der Waals surface area contributed by atoms with Crippen molar-refractivity contribution in [2.45, 2.75) is 78.4 Å². The number of carbonyl (C=O) groups is 1. The van der Waals surface area contributed by atoms with E-state index in [1.165, 1.54) is 11.1 Å². The molecule has 1 aromatic rings. The van der Waals surface area contributed by atoms with Gasteiger partial charge >= 0.3 is 0 Å². The second kappa shape index (κ2) is 13.3. The van der Waals surface area contributed by atoms with Crippen LogP contribution in [0.4, 0.5) is 0 Å². The smallest absolute Gasteiger partial charge is 0.249 e. The molecule has 1 aliphatic carbocycles. The molecular formula is C28H41NO2. The minimum atomic E-state index is -0.483. The number of benzene rings is 1. The summed E-state index contributed by atoms with van der Waals surface area (Å²) in [6, 6.07) is 8.39. The number of hydrogen-bond donors (Lipinski definition) is 1. The van der Waals surface area contributed by atoms with E-state index in [0.29, 0.717) is 31.4 Å². The Balaban J connectivity index is 1.91. The standard InChI is InChI=1S/C28H41NO2/c1-6-15-31-27(28(30)29-20-25-13-11-24(7-2)12-14-25)19-23(5)18-26-10-8-9-21(3)16-22(4)17-26/h8,10-14,21,26-27H,4-7,9,15-20H2,1-3H3,(H,29,30)/b10-8+/t21-,26-,27+/m1/s1. The summed E-state index contributed by atoms with van der Waals surface area (Å²) < 4.78 is 5.91. The summed E-state index contributed by atoms with van der Waals surface area (Å²) in [5.74, 6) is 1.03. The second-order valence-corrected chi connectivity index (χ2v) is 9.09. The lowest BCUT2D eigenvalue weighted by Crippen LogP contribution is -2.36. The summed E-state index contributed by atoms with van der Waals surface area (Å²) in [4.78, 5) is 12.9. The molecule has 0 radical (unpaired) electrons. The van der Waals surface area contributed by atoms with Crippen molar-refractivity contribution in [3.63, 3.8) is 0 Å². The fourth-order valence-corrected chi connectivity index (χ4v) is 4.14. The van der Waals surface area contributed by atoms with Gasteiger partial charge in [-0.2, -0.15) is 0 Å². The molecule has 2 rings (SSSR count). The van der Waals surface area contributed by atoms with Crippen LogP contribution in [0, 0.1) is 11.8 Å². The normalized spacial score (nSPS) is 21.1. The SMILES string of the molecule is C=C1C[C@H](C)C/C=C/[C@@H](CC(=C)C[C@H](OCCC)C(=O)NCc2ccc(CC)cc2)C1. The maximum atomic E-state index is 12.9. The Morgan fingerprint density at radius 2 is 1.90 bits per heavy atom. The van der Waals surface area contributed by atoms with Crippen LogP contribution in [-0.2, 0) is 22.5 Å². The van der Waals surface area contributed by atoms with E-state index in [4.69, 9.17) is 4.74 Å². The lowest BCUT2D eigenvalue weighted by atomic mass is 9.85. The van der Waals surface area contributed by atoms with E-state index in [1.54, 1.807) is 0 Å². The molecule has 0 fully saturated rings. The molecule has 3 nitrogen and oxygen atoms in total. The van der Waals surface area contributed by atoms with Crippen molar-refractivity contribution in [2.24, 2.45) is 11.8 Å². The third-order valence-electron chi connectivity index (χ3n) is 5.87. The molecule has 0 aromatic heterocycles. The zero-order chi connectivity index (χ0) is 22.6. The predicted molar refractivity (Wildman–Crippen MR) is 131 cm³/mol. The van der Waals surface area contributed by atoms with Gasteiger partial charge in [-0.15, -0.1) is 0 Å². The molecule has 1 amide bonds. The fourth-order valence-electron chi connectivity index (χ4n) is 4.14. The van der Waals surface area contributed by atoms with Gasteiger partial charge in [0.25, 0.3) is 0 Å². The van der Waals surface area contributed by atoms with Crippen LogP contribution in [0.15, 0.2) is 60.7 Å². The molecule has 0 bridgehead atoms. The number of allylic oxidation sites excluding steroid dienone is 3. The van der Waals surface area contributed by atoms with Crippen LogP contribution in [0.1, 0.15) is 70.4 Å². The summed E-state index contributed by atoms with van der Waals surface area (Å²) in [6.07, 6.45) is 10.7. The van der Waals surface area contributed by atoms with Crippen LogP contribution in [0.2, 0.25) is 0 Å². The molecule has 1 aliphatic rings. The van der Waals surface area contributed by atoms with Gasteiger partial charge in [0.1, 0.15) is 6.10 Å². The van der Waals surface area contributed by atoms with Gasteiger partial charge in [0, 0.05) is 19.6 Å². The molecule has 0 spiro atoms. The summed E-state index contributed by atoms with van der Waals surface area (Å²) in [7, 11) is 0. The highest BCUT2D eigenvalue weighted by atomic mass is 16.5. The fraction of sp³-hybridized carbons (Fsp3) is 0.536. The Morgan fingerprint density at radius 1 is 1.19 bits per heavy atom. The van der Waals surface area contributed by atoms with Gasteiger partial charge in [0.2, 0.25) is 5.91 Å². The lowest BCUT2D eigenvalue weighted by molar-refractivity contribution is -0.133. The second-order valence-electron chi connectivity index (χ2n) is 9.09. The van der Waals surface area contributed by atoms with E-state index < -0.39 is 6.10 Å². The summed E-state index contributed by atoms with van der Waals surface area (Å²) in [5.41, 5.74) is 4.79. The number of amides is 1. The van der Waals surface area contributed by atoms with Crippen molar-refractivity contribution < 1.29 is 9.53 Å². The Hall–Kier alpha value is -2.13. The van der Waals surface area contributed by atoms with E-state index in [9.17, 15) is 4.79 Å². The van der Waals surface area contributed by atoms with Crippen molar-refractivity contribution in [1.82, 2.24) is 5.32 Å².